The first-order chi connectivity index (χ1) is 18.2. The van der Waals surface area contributed by atoms with Gasteiger partial charge in [0, 0.05) is 26.3 Å². The minimum Gasteiger partial charge on any atom is -0.491 e. The maximum atomic E-state index is 14.0. The van der Waals surface area contributed by atoms with E-state index >= 15 is 0 Å². The number of hydrogen-bond donors (Lipinski definition) is 1. The molecule has 1 aliphatic rings. The lowest BCUT2D eigenvalue weighted by molar-refractivity contribution is 0.0878. The van der Waals surface area contributed by atoms with Gasteiger partial charge in [0.25, 0.3) is 11.1 Å². The fourth-order valence-electron chi connectivity index (χ4n) is 4.78. The van der Waals surface area contributed by atoms with Crippen LogP contribution in [0.2, 0.25) is 25.7 Å². The van der Waals surface area contributed by atoms with Crippen LogP contribution in [0.3, 0.4) is 0 Å². The molecular formula is C28H35N3O5SSi. The molecule has 3 heterocycles. The Bertz CT molecular complexity index is 1600. The van der Waals surface area contributed by atoms with E-state index in [0.29, 0.717) is 46.5 Å². The van der Waals surface area contributed by atoms with E-state index in [9.17, 15) is 14.7 Å². The fourth-order valence-corrected chi connectivity index (χ4v) is 6.72. The first kappa shape index (κ1) is 26.8. The normalized spacial score (nSPS) is 16.3. The van der Waals surface area contributed by atoms with Crippen molar-refractivity contribution >= 4 is 40.7 Å². The highest BCUT2D eigenvalue weighted by molar-refractivity contribution is 7.14. The van der Waals surface area contributed by atoms with Crippen LogP contribution in [0, 0.1) is 0 Å². The zero-order valence-electron chi connectivity index (χ0n) is 22.5. The average molecular weight is 554 g/mol. The lowest BCUT2D eigenvalue weighted by Crippen LogP contribution is -2.27. The quantitative estimate of drug-likeness (QED) is 0.255. The average Bonchev–Trinajstić information content (AvgIpc) is 3.22. The predicted octanol–water partition coefficient (Wildman–Crippen LogP) is 5.37. The van der Waals surface area contributed by atoms with Crippen LogP contribution in [0.25, 0.3) is 32.4 Å². The third-order valence-corrected chi connectivity index (χ3v) is 10.1. The molecule has 2 aromatic carbocycles. The molecule has 38 heavy (non-hydrogen) atoms. The lowest BCUT2D eigenvalue weighted by atomic mass is 10.1. The number of hydrogen-bond acceptors (Lipinski definition) is 7. The van der Waals surface area contributed by atoms with Gasteiger partial charge in [-0.1, -0.05) is 43.3 Å². The summed E-state index contributed by atoms with van der Waals surface area (Å²) < 4.78 is 16.4. The number of nitrogens with zero attached hydrogens (tertiary/aromatic N) is 3. The molecular weight excluding hydrogens is 518 g/mol. The maximum Gasteiger partial charge on any atom is 0.279 e. The first-order valence-corrected chi connectivity index (χ1v) is 17.7. The minimum absolute atomic E-state index is 0.0328. The molecule has 0 spiro atoms. The lowest BCUT2D eigenvalue weighted by Gasteiger charge is -2.19. The Morgan fingerprint density at radius 2 is 2.00 bits per heavy atom. The Hall–Kier alpha value is -2.79. The van der Waals surface area contributed by atoms with Gasteiger partial charge in [-0.15, -0.1) is 0 Å². The molecule has 0 saturated carbocycles. The van der Waals surface area contributed by atoms with Gasteiger partial charge < -0.3 is 14.6 Å². The van der Waals surface area contributed by atoms with E-state index in [4.69, 9.17) is 14.5 Å². The van der Waals surface area contributed by atoms with E-state index in [1.54, 1.807) is 16.7 Å². The molecule has 8 nitrogen and oxygen atoms in total. The van der Waals surface area contributed by atoms with Crippen molar-refractivity contribution in [3.8, 4) is 17.0 Å². The molecule has 0 saturated heterocycles. The summed E-state index contributed by atoms with van der Waals surface area (Å²) in [6, 6.07) is 10.1. The van der Waals surface area contributed by atoms with Gasteiger partial charge in [-0.3, -0.25) is 18.1 Å². The number of ether oxygens (including phenoxy) is 2. The van der Waals surface area contributed by atoms with Crippen molar-refractivity contribution in [1.29, 1.82) is 0 Å². The van der Waals surface area contributed by atoms with Gasteiger partial charge >= 0.3 is 0 Å². The van der Waals surface area contributed by atoms with E-state index in [2.05, 4.69) is 26.6 Å². The van der Waals surface area contributed by atoms with Crippen LogP contribution < -0.4 is 15.9 Å². The molecule has 1 unspecified atom stereocenters. The summed E-state index contributed by atoms with van der Waals surface area (Å²) in [6.07, 6.45) is 2.57. The van der Waals surface area contributed by atoms with Crippen molar-refractivity contribution in [3.63, 3.8) is 0 Å². The monoisotopic (exact) mass is 553 g/mol. The molecule has 0 fully saturated rings. The SMILES string of the molecule is CC1CCCCOc2cc(CO)cc3c2nc(c(=O)n3COCC[Si](C)(C)C)-c2cccc3c(=O)n1sc23. The molecule has 1 atom stereocenters. The minimum atomic E-state index is -1.31. The van der Waals surface area contributed by atoms with Gasteiger partial charge in [0.1, 0.15) is 23.7 Å². The highest BCUT2D eigenvalue weighted by atomic mass is 32.1. The Morgan fingerprint density at radius 3 is 2.76 bits per heavy atom. The predicted molar refractivity (Wildman–Crippen MR) is 155 cm³/mol. The Labute approximate surface area is 226 Å². The second kappa shape index (κ2) is 10.8. The van der Waals surface area contributed by atoms with Crippen molar-refractivity contribution < 1.29 is 14.6 Å². The summed E-state index contributed by atoms with van der Waals surface area (Å²) in [6.45, 7) is 9.82. The van der Waals surface area contributed by atoms with Crippen molar-refractivity contribution in [2.75, 3.05) is 13.2 Å². The zero-order chi connectivity index (χ0) is 27.0. The third-order valence-electron chi connectivity index (χ3n) is 7.04. The van der Waals surface area contributed by atoms with Crippen LogP contribution in [0.1, 0.15) is 37.8 Å². The van der Waals surface area contributed by atoms with E-state index in [1.807, 2.05) is 22.2 Å². The number of aromatic nitrogens is 3. The number of aliphatic hydroxyl groups is 1. The Balaban J connectivity index is 1.76. The van der Waals surface area contributed by atoms with Crippen LogP contribution in [-0.4, -0.2) is 39.9 Å². The van der Waals surface area contributed by atoms with E-state index in [1.165, 1.54) is 11.5 Å². The van der Waals surface area contributed by atoms with Crippen LogP contribution in [-0.2, 0) is 18.1 Å². The van der Waals surface area contributed by atoms with Gasteiger partial charge in [-0.05, 0) is 56.0 Å². The van der Waals surface area contributed by atoms with Crippen LogP contribution in [0.4, 0.5) is 0 Å². The standard InChI is InChI=1S/C28H35N3O5SSi/c1-18-8-5-6-11-36-23-15-19(16-32)14-22-25(23)29-24(28(34)30(22)17-35-12-13-38(2,3)4)20-9-7-10-21-26(20)37-31(18)27(21)33/h7,9-10,14-15,18,32H,5-6,8,11-13,16-17H2,1-4H3. The van der Waals surface area contributed by atoms with Gasteiger partial charge in [0.15, 0.2) is 0 Å². The van der Waals surface area contributed by atoms with E-state index in [0.717, 1.165) is 30.0 Å². The van der Waals surface area contributed by atoms with Crippen molar-refractivity contribution in [3.05, 3.63) is 56.6 Å². The molecule has 1 N–H and O–H groups in total. The highest BCUT2D eigenvalue weighted by Gasteiger charge is 2.22. The fraction of sp³-hybridized carbons (Fsp3) is 0.464. The number of benzene rings is 2. The van der Waals surface area contributed by atoms with Crippen molar-refractivity contribution in [2.45, 2.75) is 71.3 Å². The molecule has 2 aromatic heterocycles. The van der Waals surface area contributed by atoms with Crippen molar-refractivity contribution in [2.24, 2.45) is 0 Å². The summed E-state index contributed by atoms with van der Waals surface area (Å²) in [7, 11) is -1.31. The zero-order valence-corrected chi connectivity index (χ0v) is 24.3. The Kier molecular flexibility index (Phi) is 7.59. The molecule has 0 aliphatic carbocycles. The Morgan fingerprint density at radius 1 is 1.18 bits per heavy atom. The van der Waals surface area contributed by atoms with E-state index in [-0.39, 0.29) is 36.2 Å². The first-order valence-electron chi connectivity index (χ1n) is 13.2. The summed E-state index contributed by atoms with van der Waals surface area (Å²) >= 11 is 1.40. The summed E-state index contributed by atoms with van der Waals surface area (Å²) in [5.74, 6) is 0.534. The van der Waals surface area contributed by atoms with Gasteiger partial charge in [0.2, 0.25) is 0 Å². The van der Waals surface area contributed by atoms with Crippen LogP contribution in [0.15, 0.2) is 39.9 Å². The maximum absolute atomic E-state index is 14.0. The molecule has 5 rings (SSSR count). The smallest absolute Gasteiger partial charge is 0.279 e. The largest absolute Gasteiger partial charge is 0.491 e. The molecule has 0 amide bonds. The molecule has 1 aliphatic heterocycles. The number of aliphatic hydroxyl groups excluding tert-OH is 1. The topological polar surface area (TPSA) is 95.6 Å². The molecule has 0 radical (unpaired) electrons. The van der Waals surface area contributed by atoms with Crippen molar-refractivity contribution in [1.82, 2.24) is 13.5 Å². The highest BCUT2D eigenvalue weighted by Crippen LogP contribution is 2.33. The molecule has 4 aromatic rings. The van der Waals surface area contributed by atoms with E-state index < -0.39 is 8.07 Å². The molecule has 202 valence electrons. The molecule has 10 heteroatoms. The van der Waals surface area contributed by atoms with Gasteiger partial charge in [-0.25, -0.2) is 4.98 Å². The second-order valence-electron chi connectivity index (χ2n) is 11.3. The second-order valence-corrected chi connectivity index (χ2v) is 17.9. The molecule has 4 bridgehead atoms. The van der Waals surface area contributed by atoms with Gasteiger partial charge in [0.05, 0.1) is 28.8 Å². The van der Waals surface area contributed by atoms with Crippen LogP contribution >= 0.6 is 11.5 Å². The van der Waals surface area contributed by atoms with Crippen LogP contribution in [0.5, 0.6) is 5.75 Å². The summed E-state index contributed by atoms with van der Waals surface area (Å²) in [4.78, 5) is 32.2. The summed E-state index contributed by atoms with van der Waals surface area (Å²) in [5, 5.41) is 10.6. The van der Waals surface area contributed by atoms with Gasteiger partial charge in [-0.2, -0.15) is 0 Å². The number of rotatable bonds is 6. The number of fused-ring (bicyclic) bond motifs is 3. The summed E-state index contributed by atoms with van der Waals surface area (Å²) in [5.41, 5.74) is 2.31. The third kappa shape index (κ3) is 5.22.